The van der Waals surface area contributed by atoms with E-state index in [0.717, 1.165) is 5.92 Å². The van der Waals surface area contributed by atoms with Gasteiger partial charge in [0.2, 0.25) is 0 Å². The van der Waals surface area contributed by atoms with Crippen LogP contribution in [0.15, 0.2) is 18.2 Å². The van der Waals surface area contributed by atoms with Crippen molar-refractivity contribution in [2.45, 2.75) is 95.8 Å². The number of fused-ring (bicyclic) bond motifs is 3. The van der Waals surface area contributed by atoms with E-state index in [-0.39, 0.29) is 0 Å². The summed E-state index contributed by atoms with van der Waals surface area (Å²) in [6, 6.07) is 7.04. The number of H-pyrrole nitrogens is 1. The van der Waals surface area contributed by atoms with Gasteiger partial charge in [0.1, 0.15) is 0 Å². The van der Waals surface area contributed by atoms with Gasteiger partial charge in [0, 0.05) is 16.6 Å². The molecule has 1 heterocycles. The molecule has 0 atom stereocenters. The van der Waals surface area contributed by atoms with Crippen molar-refractivity contribution in [2.75, 3.05) is 0 Å². The summed E-state index contributed by atoms with van der Waals surface area (Å²) in [4.78, 5) is 3.72. The molecule has 0 spiro atoms. The highest BCUT2D eigenvalue weighted by Crippen LogP contribution is 2.38. The Bertz CT molecular complexity index is 654. The summed E-state index contributed by atoms with van der Waals surface area (Å²) in [5, 5.41) is 1.61. The zero-order valence-corrected chi connectivity index (χ0v) is 15.2. The molecule has 0 radical (unpaired) electrons. The van der Waals surface area contributed by atoms with Crippen molar-refractivity contribution in [1.29, 1.82) is 0 Å². The zero-order chi connectivity index (χ0) is 16.2. The lowest BCUT2D eigenvalue weighted by Crippen LogP contribution is -2.02. The van der Waals surface area contributed by atoms with E-state index in [9.17, 15) is 0 Å². The van der Waals surface area contributed by atoms with Crippen molar-refractivity contribution < 1.29 is 0 Å². The first-order valence-corrected chi connectivity index (χ1v) is 10.6. The van der Waals surface area contributed by atoms with Crippen LogP contribution in [-0.4, -0.2) is 4.98 Å². The lowest BCUT2D eigenvalue weighted by molar-refractivity contribution is 0.468. The van der Waals surface area contributed by atoms with Crippen LogP contribution in [-0.2, 0) is 12.8 Å². The summed E-state index contributed by atoms with van der Waals surface area (Å²) in [5.74, 6) is 0.786. The van der Waals surface area contributed by atoms with Gasteiger partial charge >= 0.3 is 0 Å². The Kier molecular flexibility index (Phi) is 5.25. The van der Waals surface area contributed by atoms with Crippen LogP contribution < -0.4 is 0 Å². The van der Waals surface area contributed by atoms with Gasteiger partial charge in [-0.2, -0.15) is 0 Å². The lowest BCUT2D eigenvalue weighted by atomic mass is 9.85. The molecule has 1 saturated carbocycles. The second-order valence-electron chi connectivity index (χ2n) is 8.16. The first-order valence-electron chi connectivity index (χ1n) is 10.6. The molecule has 1 fully saturated rings. The molecule has 2 aliphatic carbocycles. The van der Waals surface area contributed by atoms with E-state index >= 15 is 0 Å². The Morgan fingerprint density at radius 2 is 1.38 bits per heavy atom. The first kappa shape index (κ1) is 16.2. The van der Waals surface area contributed by atoms with Crippen molar-refractivity contribution in [3.05, 3.63) is 35.0 Å². The molecule has 1 nitrogen and oxygen atoms in total. The van der Waals surface area contributed by atoms with Crippen molar-refractivity contribution in [3.8, 4) is 0 Å². The molecule has 0 unspecified atom stereocenters. The summed E-state index contributed by atoms with van der Waals surface area (Å²) < 4.78 is 0. The van der Waals surface area contributed by atoms with Crippen LogP contribution in [0.3, 0.4) is 0 Å². The largest absolute Gasteiger partial charge is 0.358 e. The van der Waals surface area contributed by atoms with E-state index in [2.05, 4.69) is 23.2 Å². The maximum absolute atomic E-state index is 3.72. The Morgan fingerprint density at radius 1 is 0.708 bits per heavy atom. The van der Waals surface area contributed by atoms with Crippen molar-refractivity contribution in [2.24, 2.45) is 0 Å². The Labute approximate surface area is 147 Å². The first-order chi connectivity index (χ1) is 11.9. The highest BCUT2D eigenvalue weighted by Gasteiger charge is 2.22. The van der Waals surface area contributed by atoms with E-state index in [1.807, 2.05) is 0 Å². The maximum atomic E-state index is 3.72. The van der Waals surface area contributed by atoms with Crippen molar-refractivity contribution in [3.63, 3.8) is 0 Å². The number of aryl methyl sites for hydroxylation is 2. The standard InChI is InChI=1S/C23H33N/c1-2-4-6-8-12-18(13-9-7-5-3-1)19-14-10-17-22-23(19)20-15-11-16-21(20)24-22/h10,14,17-18,24H,1-9,11-13,15-16H2. The van der Waals surface area contributed by atoms with Gasteiger partial charge in [0.15, 0.2) is 0 Å². The number of aromatic nitrogens is 1. The minimum atomic E-state index is 0.786. The number of hydrogen-bond donors (Lipinski definition) is 1. The molecule has 1 aromatic carbocycles. The van der Waals surface area contributed by atoms with Crippen LogP contribution in [0.5, 0.6) is 0 Å². The van der Waals surface area contributed by atoms with Crippen LogP contribution in [0.4, 0.5) is 0 Å². The van der Waals surface area contributed by atoms with Crippen LogP contribution >= 0.6 is 0 Å². The molecular formula is C23H33N. The molecule has 1 heteroatoms. The topological polar surface area (TPSA) is 15.8 Å². The molecule has 0 amide bonds. The molecule has 130 valence electrons. The van der Waals surface area contributed by atoms with E-state index in [1.54, 1.807) is 16.5 Å². The molecule has 1 aromatic heterocycles. The van der Waals surface area contributed by atoms with Gasteiger partial charge in [-0.15, -0.1) is 0 Å². The summed E-state index contributed by atoms with van der Waals surface area (Å²) in [7, 11) is 0. The van der Waals surface area contributed by atoms with Gasteiger partial charge in [-0.3, -0.25) is 0 Å². The Morgan fingerprint density at radius 3 is 2.08 bits per heavy atom. The van der Waals surface area contributed by atoms with Crippen LogP contribution in [0, 0.1) is 0 Å². The second kappa shape index (κ2) is 7.76. The van der Waals surface area contributed by atoms with E-state index in [1.165, 1.54) is 101 Å². The molecule has 0 saturated heterocycles. The number of hydrogen-bond acceptors (Lipinski definition) is 0. The highest BCUT2D eigenvalue weighted by atomic mass is 14.7. The fourth-order valence-corrected chi connectivity index (χ4v) is 5.15. The van der Waals surface area contributed by atoms with Gasteiger partial charge in [0.05, 0.1) is 0 Å². The molecule has 2 aromatic rings. The summed E-state index contributed by atoms with van der Waals surface area (Å²) in [6.07, 6.45) is 19.7. The van der Waals surface area contributed by atoms with Crippen LogP contribution in [0.1, 0.15) is 99.8 Å². The number of rotatable bonds is 1. The third kappa shape index (κ3) is 3.41. The number of nitrogens with one attached hydrogen (secondary N) is 1. The summed E-state index contributed by atoms with van der Waals surface area (Å²) >= 11 is 0. The summed E-state index contributed by atoms with van der Waals surface area (Å²) in [6.45, 7) is 0. The van der Waals surface area contributed by atoms with Crippen LogP contribution in [0.2, 0.25) is 0 Å². The molecular weight excluding hydrogens is 290 g/mol. The fourth-order valence-electron chi connectivity index (χ4n) is 5.15. The maximum Gasteiger partial charge on any atom is 0.0461 e. The Balaban J connectivity index is 1.60. The Hall–Kier alpha value is -1.24. The fraction of sp³-hybridized carbons (Fsp3) is 0.652. The van der Waals surface area contributed by atoms with Crippen molar-refractivity contribution in [1.82, 2.24) is 4.98 Å². The smallest absolute Gasteiger partial charge is 0.0461 e. The average Bonchev–Trinajstić information content (AvgIpc) is 3.16. The van der Waals surface area contributed by atoms with Gasteiger partial charge in [-0.1, -0.05) is 69.9 Å². The number of aromatic amines is 1. The SMILES string of the molecule is c1cc(C2CCCCCCCCCCC2)c2c3c([nH]c2c1)CCC3. The van der Waals surface area contributed by atoms with Gasteiger partial charge in [-0.25, -0.2) is 0 Å². The molecule has 0 aliphatic heterocycles. The molecule has 1 N–H and O–H groups in total. The predicted octanol–water partition coefficient (Wildman–Crippen LogP) is 7.04. The van der Waals surface area contributed by atoms with Gasteiger partial charge < -0.3 is 4.98 Å². The van der Waals surface area contributed by atoms with E-state index in [0.29, 0.717) is 0 Å². The average molecular weight is 324 g/mol. The normalized spacial score (nSPS) is 21.3. The van der Waals surface area contributed by atoms with E-state index < -0.39 is 0 Å². The second-order valence-corrected chi connectivity index (χ2v) is 8.16. The third-order valence-corrected chi connectivity index (χ3v) is 6.45. The quantitative estimate of drug-likeness (QED) is 0.579. The lowest BCUT2D eigenvalue weighted by Gasteiger charge is -2.20. The van der Waals surface area contributed by atoms with Crippen LogP contribution in [0.25, 0.3) is 10.9 Å². The number of benzene rings is 1. The van der Waals surface area contributed by atoms with Gasteiger partial charge in [0.25, 0.3) is 0 Å². The highest BCUT2D eigenvalue weighted by molar-refractivity contribution is 5.89. The van der Waals surface area contributed by atoms with Crippen molar-refractivity contribution >= 4 is 10.9 Å². The minimum Gasteiger partial charge on any atom is -0.358 e. The third-order valence-electron chi connectivity index (χ3n) is 6.45. The predicted molar refractivity (Wildman–Crippen MR) is 104 cm³/mol. The summed E-state index contributed by atoms with van der Waals surface area (Å²) in [5.41, 5.74) is 6.27. The van der Waals surface area contributed by atoms with E-state index in [4.69, 9.17) is 0 Å². The molecule has 0 bridgehead atoms. The monoisotopic (exact) mass is 323 g/mol. The molecule has 24 heavy (non-hydrogen) atoms. The zero-order valence-electron chi connectivity index (χ0n) is 15.2. The molecule has 4 rings (SSSR count). The minimum absolute atomic E-state index is 0.786. The molecule has 2 aliphatic rings. The van der Waals surface area contributed by atoms with Gasteiger partial charge in [-0.05, 0) is 55.2 Å².